The molecule has 1 aliphatic heterocycles. The lowest BCUT2D eigenvalue weighted by Crippen LogP contribution is -2.39. The van der Waals surface area contributed by atoms with E-state index in [1.54, 1.807) is 0 Å². The van der Waals surface area contributed by atoms with Crippen molar-refractivity contribution in [1.29, 1.82) is 0 Å². The summed E-state index contributed by atoms with van der Waals surface area (Å²) in [7, 11) is 6.02. The summed E-state index contributed by atoms with van der Waals surface area (Å²) in [6.07, 6.45) is 11.2. The molecule has 0 N–H and O–H groups in total. The summed E-state index contributed by atoms with van der Waals surface area (Å²) in [4.78, 5) is 11.7. The summed E-state index contributed by atoms with van der Waals surface area (Å²) in [6, 6.07) is 3.09. The van der Waals surface area contributed by atoms with Gasteiger partial charge in [-0.2, -0.15) is 0 Å². The number of hydrogen-bond donors (Lipinski definition) is 0. The number of halogens is 1. The van der Waals surface area contributed by atoms with Gasteiger partial charge in [0.1, 0.15) is 13.7 Å². The first-order valence-electron chi connectivity index (χ1n) is 7.30. The molecular formula is C16H15BBrN3. The topological polar surface area (TPSA) is 28.5 Å². The number of alkyl halides is 1. The monoisotopic (exact) mass is 339 g/mol. The van der Waals surface area contributed by atoms with Crippen molar-refractivity contribution < 1.29 is 0 Å². The summed E-state index contributed by atoms with van der Waals surface area (Å²) in [5, 5.41) is 0.811. The second-order valence-electron chi connectivity index (χ2n) is 5.84. The molecule has 3 nitrogen and oxygen atoms in total. The molecule has 0 saturated heterocycles. The lowest BCUT2D eigenvalue weighted by atomic mass is 9.84. The van der Waals surface area contributed by atoms with E-state index in [4.69, 9.17) is 12.8 Å². The first-order valence-corrected chi connectivity index (χ1v) is 8.42. The van der Waals surface area contributed by atoms with Gasteiger partial charge in [-0.25, -0.2) is 4.99 Å². The van der Waals surface area contributed by atoms with Crippen LogP contribution in [0.4, 0.5) is 0 Å². The van der Waals surface area contributed by atoms with Gasteiger partial charge in [0, 0.05) is 29.3 Å². The smallest absolute Gasteiger partial charge is 0.138 e. The Hall–Kier alpha value is -1.36. The van der Waals surface area contributed by atoms with Crippen LogP contribution in [0.3, 0.4) is 0 Å². The molecule has 1 aromatic rings. The summed E-state index contributed by atoms with van der Waals surface area (Å²) in [5.41, 5.74) is 4.36. The van der Waals surface area contributed by atoms with Gasteiger partial charge in [0.25, 0.3) is 0 Å². The van der Waals surface area contributed by atoms with Crippen molar-refractivity contribution >= 4 is 29.6 Å². The molecular weight excluding hydrogens is 325 g/mol. The van der Waals surface area contributed by atoms with Crippen molar-refractivity contribution in [2.24, 2.45) is 4.99 Å². The zero-order valence-corrected chi connectivity index (χ0v) is 13.3. The lowest BCUT2D eigenvalue weighted by Gasteiger charge is -2.30. The van der Waals surface area contributed by atoms with E-state index < -0.39 is 0 Å². The number of nitrogens with zero attached hydrogens (tertiary/aromatic N) is 3. The van der Waals surface area contributed by atoms with Crippen LogP contribution in [0.5, 0.6) is 0 Å². The number of aliphatic imine (C=N–C) groups is 1. The average molecular weight is 340 g/mol. The average Bonchev–Trinajstić information content (AvgIpc) is 3.28. The highest BCUT2D eigenvalue weighted by Crippen LogP contribution is 2.39. The van der Waals surface area contributed by atoms with Crippen LogP contribution in [0.25, 0.3) is 0 Å². The van der Waals surface area contributed by atoms with Crippen LogP contribution < -0.4 is 0 Å². The number of aromatic nitrogens is 1. The number of amidine groups is 1. The summed E-state index contributed by atoms with van der Waals surface area (Å²) >= 11 is 3.50. The molecule has 0 spiro atoms. The van der Waals surface area contributed by atoms with Gasteiger partial charge in [-0.15, -0.1) is 5.47 Å². The molecule has 1 fully saturated rings. The predicted octanol–water partition coefficient (Wildman–Crippen LogP) is 2.91. The number of rotatable bonds is 3. The Kier molecular flexibility index (Phi) is 3.25. The van der Waals surface area contributed by atoms with E-state index in [1.807, 2.05) is 18.5 Å². The highest BCUT2D eigenvalue weighted by molar-refractivity contribution is 9.08. The quantitative estimate of drug-likeness (QED) is 0.625. The minimum absolute atomic E-state index is 0.310. The SMILES string of the molecule is [B]C1=CC=C2N=C(c3cncc(CBr)c3)N(C3CC3)C2C1. The maximum atomic E-state index is 6.02. The normalized spacial score (nSPS) is 24.3. The van der Waals surface area contributed by atoms with Crippen molar-refractivity contribution in [3.8, 4) is 0 Å². The largest absolute Gasteiger partial charge is 0.344 e. The van der Waals surface area contributed by atoms with Crippen LogP contribution in [-0.4, -0.2) is 35.6 Å². The second kappa shape index (κ2) is 5.13. The van der Waals surface area contributed by atoms with Crippen LogP contribution >= 0.6 is 15.9 Å². The number of pyridine rings is 1. The highest BCUT2D eigenvalue weighted by Gasteiger charge is 2.42. The molecule has 5 heteroatoms. The van der Waals surface area contributed by atoms with E-state index in [0.29, 0.717) is 12.1 Å². The summed E-state index contributed by atoms with van der Waals surface area (Å²) in [6.45, 7) is 0. The second-order valence-corrected chi connectivity index (χ2v) is 6.40. The fourth-order valence-corrected chi connectivity index (χ4v) is 3.36. The van der Waals surface area contributed by atoms with Crippen LogP contribution in [0, 0.1) is 0 Å². The fraction of sp³-hybridized carbons (Fsp3) is 0.375. The Balaban J connectivity index is 1.76. The number of hydrogen-bond acceptors (Lipinski definition) is 3. The fourth-order valence-electron chi connectivity index (χ4n) is 3.06. The lowest BCUT2D eigenvalue weighted by molar-refractivity contribution is 0.354. The molecule has 2 aliphatic carbocycles. The van der Waals surface area contributed by atoms with Crippen LogP contribution in [0.2, 0.25) is 0 Å². The first kappa shape index (κ1) is 13.3. The Morgan fingerprint density at radius 2 is 2.14 bits per heavy atom. The van der Waals surface area contributed by atoms with E-state index in [2.05, 4.69) is 38.0 Å². The van der Waals surface area contributed by atoms with Gasteiger partial charge in [-0.3, -0.25) is 4.98 Å². The molecule has 21 heavy (non-hydrogen) atoms. The summed E-state index contributed by atoms with van der Waals surface area (Å²) < 4.78 is 0. The highest BCUT2D eigenvalue weighted by atomic mass is 79.9. The van der Waals surface area contributed by atoms with E-state index in [-0.39, 0.29) is 0 Å². The third-order valence-electron chi connectivity index (χ3n) is 4.20. The van der Waals surface area contributed by atoms with Gasteiger partial charge in [0.2, 0.25) is 0 Å². The van der Waals surface area contributed by atoms with Gasteiger partial charge in [-0.05, 0) is 37.0 Å². The van der Waals surface area contributed by atoms with Crippen LogP contribution in [0.1, 0.15) is 30.4 Å². The molecule has 3 aliphatic rings. The van der Waals surface area contributed by atoms with Gasteiger partial charge in [0.05, 0.1) is 11.7 Å². The molecule has 1 unspecified atom stereocenters. The molecule has 0 aromatic carbocycles. The molecule has 2 radical (unpaired) electrons. The summed E-state index contributed by atoms with van der Waals surface area (Å²) in [5.74, 6) is 1.06. The maximum absolute atomic E-state index is 6.02. The minimum atomic E-state index is 0.310. The maximum Gasteiger partial charge on any atom is 0.138 e. The molecule has 0 bridgehead atoms. The first-order chi connectivity index (χ1) is 10.3. The minimum Gasteiger partial charge on any atom is -0.344 e. The van der Waals surface area contributed by atoms with E-state index in [1.165, 1.54) is 18.4 Å². The predicted molar refractivity (Wildman–Crippen MR) is 88.6 cm³/mol. The van der Waals surface area contributed by atoms with Crippen LogP contribution in [-0.2, 0) is 5.33 Å². The molecule has 104 valence electrons. The van der Waals surface area contributed by atoms with Crippen LogP contribution in [0.15, 0.2) is 46.8 Å². The zero-order chi connectivity index (χ0) is 14.4. The molecule has 1 aromatic heterocycles. The van der Waals surface area contributed by atoms with Gasteiger partial charge in [0.15, 0.2) is 0 Å². The van der Waals surface area contributed by atoms with E-state index in [9.17, 15) is 0 Å². The molecule has 1 atom stereocenters. The van der Waals surface area contributed by atoms with Crippen molar-refractivity contribution in [2.45, 2.75) is 36.7 Å². The molecule has 4 rings (SSSR count). The molecule has 0 amide bonds. The van der Waals surface area contributed by atoms with Gasteiger partial charge < -0.3 is 4.90 Å². The molecule has 2 heterocycles. The Morgan fingerprint density at radius 1 is 1.29 bits per heavy atom. The Bertz CT molecular complexity index is 676. The van der Waals surface area contributed by atoms with Crippen molar-refractivity contribution in [1.82, 2.24) is 9.88 Å². The third kappa shape index (κ3) is 2.37. The van der Waals surface area contributed by atoms with Crippen molar-refractivity contribution in [3.63, 3.8) is 0 Å². The van der Waals surface area contributed by atoms with Gasteiger partial charge >= 0.3 is 0 Å². The Labute approximate surface area is 134 Å². The van der Waals surface area contributed by atoms with Crippen molar-refractivity contribution in [3.05, 3.63) is 52.9 Å². The van der Waals surface area contributed by atoms with E-state index >= 15 is 0 Å². The van der Waals surface area contributed by atoms with E-state index in [0.717, 1.165) is 34.3 Å². The molecule has 1 saturated carbocycles. The third-order valence-corrected chi connectivity index (χ3v) is 4.85. The van der Waals surface area contributed by atoms with Gasteiger partial charge in [-0.1, -0.05) is 22.0 Å². The zero-order valence-electron chi connectivity index (χ0n) is 11.7. The number of fused-ring (bicyclic) bond motifs is 1. The van der Waals surface area contributed by atoms with Crippen molar-refractivity contribution in [2.75, 3.05) is 0 Å². The standard InChI is InChI=1S/C16H15BBrN3/c17-12-1-4-14-15(6-12)21(13-2-3-13)16(20-14)11-5-10(7-18)8-19-9-11/h1,4-5,8-9,13,15H,2-3,6-7H2. The Morgan fingerprint density at radius 3 is 2.90 bits per heavy atom. The number of allylic oxidation sites excluding steroid dienone is 2.